The minimum absolute atomic E-state index is 0.117. The van der Waals surface area contributed by atoms with Gasteiger partial charge in [0.05, 0.1) is 5.52 Å². The van der Waals surface area contributed by atoms with Gasteiger partial charge in [0.25, 0.3) is 5.56 Å². The van der Waals surface area contributed by atoms with Crippen molar-refractivity contribution in [3.05, 3.63) is 69.4 Å². The van der Waals surface area contributed by atoms with E-state index in [1.807, 2.05) is 32.0 Å². The normalized spacial score (nSPS) is 11.2. The number of aryl methyl sites for hydroxylation is 3. The zero-order valence-electron chi connectivity index (χ0n) is 15.9. The number of rotatable bonds is 4. The van der Waals surface area contributed by atoms with Crippen LogP contribution in [-0.2, 0) is 17.9 Å². The van der Waals surface area contributed by atoms with Gasteiger partial charge < -0.3 is 5.32 Å². The van der Waals surface area contributed by atoms with Gasteiger partial charge in [-0.05, 0) is 49.6 Å². The van der Waals surface area contributed by atoms with E-state index in [0.717, 1.165) is 5.56 Å². The lowest BCUT2D eigenvalue weighted by atomic mass is 10.1. The highest BCUT2D eigenvalue weighted by Gasteiger charge is 2.17. The van der Waals surface area contributed by atoms with Crippen molar-refractivity contribution in [1.29, 1.82) is 0 Å². The van der Waals surface area contributed by atoms with Crippen LogP contribution in [-0.4, -0.2) is 30.1 Å². The van der Waals surface area contributed by atoms with Crippen LogP contribution in [0, 0.1) is 20.8 Å². The monoisotopic (exact) mass is 376 g/mol. The van der Waals surface area contributed by atoms with E-state index in [0.29, 0.717) is 23.5 Å². The van der Waals surface area contributed by atoms with E-state index in [9.17, 15) is 9.59 Å². The second-order valence-electron chi connectivity index (χ2n) is 6.84. The predicted octanol–water partition coefficient (Wildman–Crippen LogP) is 1.68. The molecule has 8 heteroatoms. The van der Waals surface area contributed by atoms with E-state index in [1.165, 1.54) is 15.7 Å². The fraction of sp³-hybridized carbons (Fsp3) is 0.250. The molecule has 3 aromatic heterocycles. The van der Waals surface area contributed by atoms with Crippen LogP contribution in [0.4, 0.5) is 0 Å². The molecule has 142 valence electrons. The van der Waals surface area contributed by atoms with Crippen molar-refractivity contribution in [1.82, 2.24) is 29.5 Å². The molecule has 8 nitrogen and oxygen atoms in total. The zero-order chi connectivity index (χ0) is 19.8. The molecule has 0 aliphatic carbocycles. The third kappa shape index (κ3) is 3.02. The van der Waals surface area contributed by atoms with Crippen molar-refractivity contribution in [2.24, 2.45) is 0 Å². The van der Waals surface area contributed by atoms with Crippen LogP contribution in [0.5, 0.6) is 0 Å². The van der Waals surface area contributed by atoms with E-state index < -0.39 is 0 Å². The second kappa shape index (κ2) is 6.88. The summed E-state index contributed by atoms with van der Waals surface area (Å²) in [5, 5.41) is 10.8. The molecule has 1 N–H and O–H groups in total. The van der Waals surface area contributed by atoms with Crippen LogP contribution in [0.3, 0.4) is 0 Å². The third-order valence-corrected chi connectivity index (χ3v) is 4.89. The molecule has 4 aromatic rings. The molecule has 0 atom stereocenters. The first-order valence-electron chi connectivity index (χ1n) is 8.98. The Bertz CT molecular complexity index is 1270. The Balaban J connectivity index is 1.65. The number of fused-ring (bicyclic) bond motifs is 3. The average molecular weight is 376 g/mol. The fourth-order valence-corrected chi connectivity index (χ4v) is 3.23. The Morgan fingerprint density at radius 2 is 1.89 bits per heavy atom. The lowest BCUT2D eigenvalue weighted by Crippen LogP contribution is -2.33. The molecule has 0 spiro atoms. The lowest BCUT2D eigenvalue weighted by molar-refractivity contribution is -0.121. The van der Waals surface area contributed by atoms with Gasteiger partial charge in [-0.25, -0.2) is 4.98 Å². The van der Waals surface area contributed by atoms with Gasteiger partial charge in [0, 0.05) is 12.7 Å². The topological polar surface area (TPSA) is 94.2 Å². The Kier molecular flexibility index (Phi) is 4.38. The van der Waals surface area contributed by atoms with Gasteiger partial charge in [-0.3, -0.25) is 18.6 Å². The molecular weight excluding hydrogens is 356 g/mol. The first-order valence-corrected chi connectivity index (χ1v) is 8.98. The van der Waals surface area contributed by atoms with Crippen molar-refractivity contribution in [3.63, 3.8) is 0 Å². The first-order chi connectivity index (χ1) is 13.5. The zero-order valence-corrected chi connectivity index (χ0v) is 15.9. The Morgan fingerprint density at radius 3 is 2.68 bits per heavy atom. The molecule has 0 aliphatic rings. The summed E-state index contributed by atoms with van der Waals surface area (Å²) in [6, 6.07) is 9.56. The quantitative estimate of drug-likeness (QED) is 0.585. The number of carbonyl (C=O) groups is 1. The standard InChI is InChI=1S/C20H20N6O2/c1-12-6-7-15(9-13(12)2)10-22-17(27)11-25-16-5-4-8-21-18(16)26-14(3)23-24-19(26)20(25)28/h4-9H,10-11H2,1-3H3,(H,22,27). The van der Waals surface area contributed by atoms with Gasteiger partial charge >= 0.3 is 0 Å². The average Bonchev–Trinajstić information content (AvgIpc) is 3.08. The van der Waals surface area contributed by atoms with Crippen molar-refractivity contribution >= 4 is 22.7 Å². The van der Waals surface area contributed by atoms with Crippen LogP contribution in [0.1, 0.15) is 22.5 Å². The lowest BCUT2D eigenvalue weighted by Gasteiger charge is -2.12. The number of hydrogen-bond donors (Lipinski definition) is 1. The summed E-state index contributed by atoms with van der Waals surface area (Å²) >= 11 is 0. The summed E-state index contributed by atoms with van der Waals surface area (Å²) in [7, 11) is 0. The van der Waals surface area contributed by atoms with Gasteiger partial charge in [0.1, 0.15) is 12.4 Å². The van der Waals surface area contributed by atoms with Crippen LogP contribution >= 0.6 is 0 Å². The van der Waals surface area contributed by atoms with E-state index in [2.05, 4.69) is 20.5 Å². The van der Waals surface area contributed by atoms with Crippen molar-refractivity contribution in [2.75, 3.05) is 0 Å². The third-order valence-electron chi connectivity index (χ3n) is 4.89. The molecule has 0 saturated carbocycles. The van der Waals surface area contributed by atoms with Gasteiger partial charge in [-0.15, -0.1) is 10.2 Å². The SMILES string of the molecule is Cc1ccc(CNC(=O)Cn2c(=O)c3nnc(C)n3c3ncccc32)cc1C. The molecule has 1 amide bonds. The van der Waals surface area contributed by atoms with Crippen LogP contribution in [0.2, 0.25) is 0 Å². The van der Waals surface area contributed by atoms with Gasteiger partial charge in [-0.2, -0.15) is 0 Å². The molecule has 0 bridgehead atoms. The molecule has 0 fully saturated rings. The molecule has 0 unspecified atom stereocenters. The van der Waals surface area contributed by atoms with Gasteiger partial charge in [0.2, 0.25) is 11.6 Å². The maximum atomic E-state index is 12.9. The molecule has 0 saturated heterocycles. The molecule has 3 heterocycles. The molecule has 4 rings (SSSR count). The number of aromatic nitrogens is 5. The number of benzene rings is 1. The van der Waals surface area contributed by atoms with Crippen LogP contribution in [0.25, 0.3) is 16.8 Å². The number of pyridine rings is 1. The van der Waals surface area contributed by atoms with Gasteiger partial charge in [0.15, 0.2) is 5.65 Å². The second-order valence-corrected chi connectivity index (χ2v) is 6.84. The van der Waals surface area contributed by atoms with Gasteiger partial charge in [-0.1, -0.05) is 18.2 Å². The van der Waals surface area contributed by atoms with E-state index in [-0.39, 0.29) is 23.7 Å². The number of nitrogens with one attached hydrogen (secondary N) is 1. The fourth-order valence-electron chi connectivity index (χ4n) is 3.23. The molecule has 1 aromatic carbocycles. The molecular formula is C20H20N6O2. The summed E-state index contributed by atoms with van der Waals surface area (Å²) in [5.41, 5.74) is 4.28. The van der Waals surface area contributed by atoms with E-state index >= 15 is 0 Å². The first kappa shape index (κ1) is 17.8. The highest BCUT2D eigenvalue weighted by molar-refractivity contribution is 5.80. The van der Waals surface area contributed by atoms with Crippen LogP contribution < -0.4 is 10.9 Å². The Morgan fingerprint density at radius 1 is 1.07 bits per heavy atom. The molecule has 0 aliphatic heterocycles. The summed E-state index contributed by atoms with van der Waals surface area (Å²) in [4.78, 5) is 29.8. The molecule has 0 radical (unpaired) electrons. The predicted molar refractivity (Wildman–Crippen MR) is 105 cm³/mol. The highest BCUT2D eigenvalue weighted by Crippen LogP contribution is 2.13. The summed E-state index contributed by atoms with van der Waals surface area (Å²) in [6.07, 6.45) is 1.63. The summed E-state index contributed by atoms with van der Waals surface area (Å²) in [5.74, 6) is 0.313. The summed E-state index contributed by atoms with van der Waals surface area (Å²) < 4.78 is 3.00. The van der Waals surface area contributed by atoms with Crippen LogP contribution in [0.15, 0.2) is 41.3 Å². The Hall–Kier alpha value is -3.55. The van der Waals surface area contributed by atoms with Crippen molar-refractivity contribution in [3.8, 4) is 0 Å². The number of hydrogen-bond acceptors (Lipinski definition) is 5. The highest BCUT2D eigenvalue weighted by atomic mass is 16.2. The van der Waals surface area contributed by atoms with E-state index in [4.69, 9.17) is 0 Å². The molecule has 28 heavy (non-hydrogen) atoms. The van der Waals surface area contributed by atoms with E-state index in [1.54, 1.807) is 29.7 Å². The Labute approximate surface area is 160 Å². The smallest absolute Gasteiger partial charge is 0.297 e. The van der Waals surface area contributed by atoms with Crippen molar-refractivity contribution in [2.45, 2.75) is 33.9 Å². The maximum absolute atomic E-state index is 12.9. The number of nitrogens with zero attached hydrogens (tertiary/aromatic N) is 5. The summed E-state index contributed by atoms with van der Waals surface area (Å²) in [6.45, 7) is 6.13. The number of amides is 1. The maximum Gasteiger partial charge on any atom is 0.297 e. The van der Waals surface area contributed by atoms with Crippen molar-refractivity contribution < 1.29 is 4.79 Å². The largest absolute Gasteiger partial charge is 0.350 e. The minimum Gasteiger partial charge on any atom is -0.350 e. The minimum atomic E-state index is -0.373. The number of carbonyl (C=O) groups excluding carboxylic acids is 1.